The number of esters is 2. The Kier molecular flexibility index (Phi) is 29.7. The molecule has 4 amide bonds. The summed E-state index contributed by atoms with van der Waals surface area (Å²) in [5, 5.41) is 18.2. The van der Waals surface area contributed by atoms with Gasteiger partial charge in [-0.3, -0.25) is 19.2 Å². The van der Waals surface area contributed by atoms with Gasteiger partial charge < -0.3 is 58.2 Å². The number of amides is 4. The van der Waals surface area contributed by atoms with Crippen molar-refractivity contribution in [1.29, 1.82) is 0 Å². The minimum atomic E-state index is -0.710. The van der Waals surface area contributed by atoms with Crippen LogP contribution in [0.1, 0.15) is 189 Å². The van der Waals surface area contributed by atoms with Gasteiger partial charge in [-0.15, -0.1) is 0 Å². The van der Waals surface area contributed by atoms with Gasteiger partial charge in [0.15, 0.2) is 0 Å². The molecule has 4 spiro atoms. The van der Waals surface area contributed by atoms with Crippen LogP contribution in [0.4, 0.5) is 19.2 Å². The van der Waals surface area contributed by atoms with E-state index >= 15 is 0 Å². The van der Waals surface area contributed by atoms with Crippen LogP contribution in [0.25, 0.3) is 0 Å². The molecule has 31 heteroatoms. The third-order valence-electron chi connectivity index (χ3n) is 18.4. The lowest BCUT2D eigenvalue weighted by Crippen LogP contribution is -2.55. The Balaban J connectivity index is 0.000000558. The van der Waals surface area contributed by atoms with Crippen molar-refractivity contribution in [3.8, 4) is 0 Å². The topological polar surface area (TPSA) is 245 Å². The number of methoxy groups -OCH3 is 2. The highest BCUT2D eigenvalue weighted by molar-refractivity contribution is 7.93. The average molecular weight is 1230 g/mol. The molecule has 4 saturated heterocycles. The first kappa shape index (κ1) is 82.7. The molecular formula is C58H100B11N4O16. The maximum atomic E-state index is 12.0. The summed E-state index contributed by atoms with van der Waals surface area (Å²) < 4.78 is 31.1. The molecule has 2 unspecified atom stereocenters. The number of aliphatic carboxylic acids is 2. The highest BCUT2D eigenvalue weighted by atomic mass is 16.6. The van der Waals surface area contributed by atoms with Crippen molar-refractivity contribution >= 4 is 129 Å². The smallest absolute Gasteiger partial charge is 0.410 e. The zero-order chi connectivity index (χ0) is 66.9. The number of rotatable bonds is 7. The summed E-state index contributed by atoms with van der Waals surface area (Å²) in [5.41, 5.74) is -2.86. The van der Waals surface area contributed by atoms with Gasteiger partial charge in [-0.05, 0) is 196 Å². The van der Waals surface area contributed by atoms with E-state index in [4.69, 9.17) is 72.2 Å². The monoisotopic (exact) mass is 1230 g/mol. The molecule has 8 fully saturated rings. The van der Waals surface area contributed by atoms with Crippen LogP contribution < -0.4 is 0 Å². The summed E-state index contributed by atoms with van der Waals surface area (Å²) in [7, 11) is 38.3. The third kappa shape index (κ3) is 22.5. The minimum absolute atomic E-state index is 0. The number of likely N-dealkylation sites (tertiary alicyclic amines) is 4. The second-order valence-electron chi connectivity index (χ2n) is 29.3. The Morgan fingerprint density at radius 2 is 0.742 bits per heavy atom. The number of piperidine rings is 4. The van der Waals surface area contributed by atoms with E-state index in [2.05, 4.69) is 15.5 Å². The van der Waals surface area contributed by atoms with Crippen molar-refractivity contribution in [2.24, 2.45) is 44.3 Å². The van der Waals surface area contributed by atoms with Crippen LogP contribution in [0, 0.1) is 44.3 Å². The van der Waals surface area contributed by atoms with Crippen molar-refractivity contribution in [1.82, 2.24) is 19.6 Å². The van der Waals surface area contributed by atoms with Gasteiger partial charge >= 0.3 is 48.3 Å². The number of hydrogen-bond acceptors (Lipinski definition) is 14. The molecule has 0 aromatic rings. The molecule has 15 radical (unpaired) electrons. The Morgan fingerprint density at radius 1 is 0.472 bits per heavy atom. The standard InChI is InChI=1S/C15H25NO4.2C14H23NO4.C13H21NO4.2CH4.B9.B2/c1-13(2,3)20-12(18)16-8-6-15(7-9-16)10-14(15,4)11(17)19-5;1-12(2,3)19-11(18)15-7-5-14(6-8-15)9-13(14,4)10(16)17;1-13(2,3)19-12(17)15-7-5-14(6-8-15)9-10(14)11(16)18-4;1-12(2,3)18-11(17)14-6-4-13(5-7-14)8-9(13)10(15)16;;;1-6-9(7(2)3)8(4)5;1-2/h6-10H2,1-5H3;5-9H2,1-4H3,(H,16,17);10H,5-9H2,1-4H3;9H,4-8H2,1-3H3,(H,15,16);2*1H4;;/t;;10-;9-;;;;/m..11..../s1. The van der Waals surface area contributed by atoms with Crippen LogP contribution in [0.2, 0.25) is 0 Å². The van der Waals surface area contributed by atoms with Gasteiger partial charge in [0.2, 0.25) is 0 Å². The first-order chi connectivity index (χ1) is 39.8. The number of carbonyl (C=O) groups excluding carboxylic acids is 6. The molecule has 0 aromatic heterocycles. The van der Waals surface area contributed by atoms with Gasteiger partial charge in [0.1, 0.15) is 22.4 Å². The fourth-order valence-electron chi connectivity index (χ4n) is 12.5. The van der Waals surface area contributed by atoms with Gasteiger partial charge in [0, 0.05) is 133 Å². The lowest BCUT2D eigenvalue weighted by molar-refractivity contribution is -0.148. The van der Waals surface area contributed by atoms with Crippen molar-refractivity contribution < 1.29 is 77.0 Å². The number of hydrogen-bond donors (Lipinski definition) is 2. The van der Waals surface area contributed by atoms with Crippen LogP contribution in [0.5, 0.6) is 0 Å². The first-order valence-corrected chi connectivity index (χ1v) is 30.3. The lowest BCUT2D eigenvalue weighted by Gasteiger charge is -2.35. The van der Waals surface area contributed by atoms with Gasteiger partial charge in [0.25, 0.3) is 0 Å². The summed E-state index contributed by atoms with van der Waals surface area (Å²) in [6.45, 7) is 31.1. The highest BCUT2D eigenvalue weighted by Gasteiger charge is 2.70. The second kappa shape index (κ2) is 32.0. The van der Waals surface area contributed by atoms with E-state index in [0.717, 1.165) is 77.0 Å². The van der Waals surface area contributed by atoms with Crippen LogP contribution in [-0.2, 0) is 47.6 Å². The van der Waals surface area contributed by atoms with Crippen LogP contribution >= 0.6 is 0 Å². The number of carboxylic acid groups (broad SMARTS) is 2. The molecule has 0 bridgehead atoms. The summed E-state index contributed by atoms with van der Waals surface area (Å²) >= 11 is 0. The molecular weight excluding hydrogens is 1130 g/mol. The van der Waals surface area contributed by atoms with E-state index in [1.165, 1.54) is 21.3 Å². The van der Waals surface area contributed by atoms with Gasteiger partial charge in [-0.1, -0.05) is 14.9 Å². The van der Waals surface area contributed by atoms with E-state index in [-0.39, 0.29) is 96.5 Å². The van der Waals surface area contributed by atoms with Crippen LogP contribution in [-0.4, -0.2) is 247 Å². The van der Waals surface area contributed by atoms with Crippen LogP contribution in [0.15, 0.2) is 0 Å². The molecule has 20 nitrogen and oxygen atoms in total. The Hall–Kier alpha value is -4.33. The summed E-state index contributed by atoms with van der Waals surface area (Å²) in [5.74, 6) is -1.79. The number of ether oxygens (including phenoxy) is 6. The molecule has 89 heavy (non-hydrogen) atoms. The zero-order valence-electron chi connectivity index (χ0n) is 55.0. The van der Waals surface area contributed by atoms with E-state index < -0.39 is 52.5 Å². The molecule has 2 N–H and O–H groups in total. The Labute approximate surface area is 545 Å². The van der Waals surface area contributed by atoms with Crippen molar-refractivity contribution in [3.05, 3.63) is 0 Å². The number of nitrogens with zero attached hydrogens (tertiary/aromatic N) is 4. The van der Waals surface area contributed by atoms with E-state index in [1.807, 2.05) is 96.9 Å². The second-order valence-corrected chi connectivity index (χ2v) is 29.3. The highest BCUT2D eigenvalue weighted by Crippen LogP contribution is 2.70. The largest absolute Gasteiger partial charge is 0.481 e. The van der Waals surface area contributed by atoms with Gasteiger partial charge in [0.05, 0.1) is 36.9 Å². The fourth-order valence-corrected chi connectivity index (χ4v) is 12.5. The number of carbonyl (C=O) groups is 8. The van der Waals surface area contributed by atoms with Crippen molar-refractivity contribution in [2.75, 3.05) is 66.6 Å². The Bertz CT molecular complexity index is 2380. The summed E-state index contributed by atoms with van der Waals surface area (Å²) in [6.07, 6.45) is 7.23. The van der Waals surface area contributed by atoms with Crippen molar-refractivity contribution in [2.45, 2.75) is 211 Å². The molecule has 4 atom stereocenters. The predicted octanol–water partition coefficient (Wildman–Crippen LogP) is 6.47. The van der Waals surface area contributed by atoms with E-state index in [9.17, 15) is 43.5 Å². The lowest BCUT2D eigenvalue weighted by atomic mass is 8.64. The predicted molar refractivity (Wildman–Crippen MR) is 356 cm³/mol. The molecule has 4 aliphatic carbocycles. The molecule has 8 rings (SSSR count). The zero-order valence-corrected chi connectivity index (χ0v) is 55.0. The number of carboxylic acids is 2. The SMILES string of the molecule is C.C.CC(C)(C)OC(=O)N1CCC2(CC1)CC2(C)C(=O)O.CC(C)(C)OC(=O)N1CCC2(CC1)C[C@@H]2C(=O)O.COC(=O)C1(C)CC12CCN(C(=O)OC(C)(C)C)CC2.COC(=O)[C@H]1CC12CCN(C(=O)OC(C)(C)C)CC2.[B][B].[B][B]B(B([B])[B])B([B])[B]. The quantitative estimate of drug-likeness (QED) is 0.158. The van der Waals surface area contributed by atoms with E-state index in [1.54, 1.807) is 19.6 Å². The minimum Gasteiger partial charge on any atom is -0.481 e. The molecule has 481 valence electrons. The molecule has 4 aliphatic heterocycles. The normalized spacial score (nSPS) is 24.0. The van der Waals surface area contributed by atoms with Crippen molar-refractivity contribution in [3.63, 3.8) is 0 Å². The maximum Gasteiger partial charge on any atom is 0.410 e. The maximum absolute atomic E-state index is 12.0. The molecule has 0 aromatic carbocycles. The molecule has 4 heterocycles. The van der Waals surface area contributed by atoms with Gasteiger partial charge in [-0.25, -0.2) is 19.2 Å². The summed E-state index contributed by atoms with van der Waals surface area (Å²) in [4.78, 5) is 100. The fraction of sp³-hybridized carbons (Fsp3) is 0.862. The molecule has 8 aliphatic rings. The first-order valence-electron chi connectivity index (χ1n) is 30.3. The Morgan fingerprint density at radius 3 is 0.955 bits per heavy atom. The third-order valence-corrected chi connectivity index (χ3v) is 18.4. The van der Waals surface area contributed by atoms with Crippen LogP contribution in [0.3, 0.4) is 0 Å². The summed E-state index contributed by atoms with van der Waals surface area (Å²) in [6, 6.07) is 0. The molecule has 4 saturated carbocycles. The van der Waals surface area contributed by atoms with Gasteiger partial charge in [-0.2, -0.15) is 0 Å². The van der Waals surface area contributed by atoms with E-state index in [0.29, 0.717) is 52.4 Å². The average Bonchev–Trinajstić information content (AvgIpc) is 1.57.